The van der Waals surface area contributed by atoms with Gasteiger partial charge < -0.3 is 19.0 Å². The second kappa shape index (κ2) is 23.2. The lowest BCUT2D eigenvalue weighted by atomic mass is 9.80. The second-order valence-electron chi connectivity index (χ2n) is 19.0. The molecule has 3 atom stereocenters. The van der Waals surface area contributed by atoms with E-state index in [4.69, 9.17) is 9.72 Å². The molecule has 0 saturated carbocycles. The van der Waals surface area contributed by atoms with E-state index in [9.17, 15) is 14.4 Å². The van der Waals surface area contributed by atoms with Crippen molar-refractivity contribution in [1.82, 2.24) is 35.7 Å². The average molecular weight is 862 g/mol. The monoisotopic (exact) mass is 862 g/mol. The van der Waals surface area contributed by atoms with Crippen molar-refractivity contribution in [3.05, 3.63) is 89.5 Å². The first-order valence-corrected chi connectivity index (χ1v) is 23.4. The van der Waals surface area contributed by atoms with E-state index in [1.165, 1.54) is 49.3 Å². The molecule has 1 aliphatic heterocycles. The van der Waals surface area contributed by atoms with Crippen LogP contribution in [0.4, 0.5) is 0 Å². The fourth-order valence-electron chi connectivity index (χ4n) is 8.88. The lowest BCUT2D eigenvalue weighted by Crippen LogP contribution is -2.57. The summed E-state index contributed by atoms with van der Waals surface area (Å²) >= 11 is 0. The number of pyridine rings is 1. The third-order valence-electron chi connectivity index (χ3n) is 12.6. The van der Waals surface area contributed by atoms with Crippen LogP contribution in [-0.2, 0) is 38.5 Å². The summed E-state index contributed by atoms with van der Waals surface area (Å²) in [7, 11) is 3.97. The number of nitrogens with one attached hydrogen (secondary N) is 3. The van der Waals surface area contributed by atoms with Crippen molar-refractivity contribution in [2.45, 2.75) is 144 Å². The van der Waals surface area contributed by atoms with Gasteiger partial charge in [-0.2, -0.15) is 5.53 Å². The van der Waals surface area contributed by atoms with Crippen molar-refractivity contribution >= 4 is 29.0 Å². The highest BCUT2D eigenvalue weighted by atomic mass is 16.5. The quantitative estimate of drug-likeness (QED) is 0.0261. The third kappa shape index (κ3) is 12.9. The van der Waals surface area contributed by atoms with Gasteiger partial charge in [-0.1, -0.05) is 84.7 Å². The molecular weight excluding hydrogens is 787 g/mol. The predicted octanol–water partition coefficient (Wildman–Crippen LogP) is 9.74. The Kier molecular flexibility index (Phi) is 18.1. The number of aromatic nitrogens is 2. The van der Waals surface area contributed by atoms with Gasteiger partial charge in [0.1, 0.15) is 12.3 Å². The number of ether oxygens (including phenoxy) is 1. The lowest BCUT2D eigenvalue weighted by Gasteiger charge is -2.28. The number of aldehydes is 1. The third-order valence-corrected chi connectivity index (χ3v) is 12.6. The summed E-state index contributed by atoms with van der Waals surface area (Å²) in [5.41, 5.74) is 18.8. The topological polar surface area (TPSA) is 121 Å². The van der Waals surface area contributed by atoms with Crippen molar-refractivity contribution in [3.63, 3.8) is 0 Å². The van der Waals surface area contributed by atoms with E-state index in [2.05, 4.69) is 117 Å². The molecule has 2 amide bonds. The standard InChI is InChI=1S/C52H75N7O4/c1-11-37(5)47-42(24-17-29-53-47)49-44(34-52(7,8)28-19-31-60)43-33-41(26-27-45(43)58(49)12-2)40-23-16-22-39(32-40)21-15-13-14-20-38(6)54-56-55-50(61)48(36(3)4)59-35-63-46(51(59)62)25-18-30-57(9)10/h16-17,22-27,29,31-33,36-38,48,54,56H,11-15,18-21,28,30,34-35H2,1-10H3,(H,55,61). The first-order chi connectivity index (χ1) is 30.2. The SMILES string of the molecule is CCC(C)c1ncccc1-c1c(CC(C)(C)CCC=O)c2cc(-c3cccc(CCCCCC(C)NNNC(=O)C(C(C)C)N4COC(=CCCN(C)C)C4=O)c3)ccc2n1CC. The molecule has 2 aromatic heterocycles. The summed E-state index contributed by atoms with van der Waals surface area (Å²) in [5.74, 6) is 0.0229. The van der Waals surface area contributed by atoms with Gasteiger partial charge in [0.15, 0.2) is 12.5 Å². The van der Waals surface area contributed by atoms with Crippen LogP contribution in [0.15, 0.2) is 72.6 Å². The highest BCUT2D eigenvalue weighted by Gasteiger charge is 2.39. The van der Waals surface area contributed by atoms with Gasteiger partial charge in [-0.05, 0) is 143 Å². The van der Waals surface area contributed by atoms with Crippen molar-refractivity contribution in [2.75, 3.05) is 27.4 Å². The minimum absolute atomic E-state index is 0.0604. The normalized spacial score (nSPS) is 15.4. The van der Waals surface area contributed by atoms with Crippen molar-refractivity contribution in [1.29, 1.82) is 0 Å². The maximum atomic E-state index is 13.2. The maximum absolute atomic E-state index is 13.2. The van der Waals surface area contributed by atoms with Gasteiger partial charge in [0, 0.05) is 48.2 Å². The van der Waals surface area contributed by atoms with Crippen LogP contribution in [0.5, 0.6) is 0 Å². The zero-order valence-corrected chi connectivity index (χ0v) is 39.9. The van der Waals surface area contributed by atoms with Gasteiger partial charge in [-0.15, -0.1) is 0 Å². The molecule has 3 unspecified atom stereocenters. The fraction of sp³-hybridized carbons (Fsp3) is 0.538. The summed E-state index contributed by atoms with van der Waals surface area (Å²) in [6.07, 6.45) is 13.9. The molecular formula is C52H75N7O4. The van der Waals surface area contributed by atoms with Crippen LogP contribution in [0, 0.1) is 11.3 Å². The number of unbranched alkanes of at least 4 members (excludes halogenated alkanes) is 2. The van der Waals surface area contributed by atoms with Gasteiger partial charge >= 0.3 is 0 Å². The fourth-order valence-corrected chi connectivity index (χ4v) is 8.88. The molecule has 0 aliphatic carbocycles. The number of benzene rings is 2. The van der Waals surface area contributed by atoms with Gasteiger partial charge in [-0.25, -0.2) is 5.43 Å². The number of nitrogens with zero attached hydrogens (tertiary/aromatic N) is 4. The molecule has 4 aromatic rings. The Bertz CT molecular complexity index is 2170. The van der Waals surface area contributed by atoms with Crippen LogP contribution in [0.1, 0.15) is 129 Å². The number of hydrazine groups is 2. The number of amides is 2. The number of hydrogen-bond donors (Lipinski definition) is 3. The van der Waals surface area contributed by atoms with Crippen LogP contribution in [0.25, 0.3) is 33.3 Å². The molecule has 11 heteroatoms. The van der Waals surface area contributed by atoms with E-state index in [0.717, 1.165) is 76.4 Å². The summed E-state index contributed by atoms with van der Waals surface area (Å²) < 4.78 is 8.14. The molecule has 11 nitrogen and oxygen atoms in total. The first kappa shape index (κ1) is 49.2. The van der Waals surface area contributed by atoms with Crippen LogP contribution < -0.4 is 16.4 Å². The molecule has 1 aliphatic rings. The minimum Gasteiger partial charge on any atom is -0.468 e. The van der Waals surface area contributed by atoms with Crippen LogP contribution >= 0.6 is 0 Å². The molecule has 2 aromatic carbocycles. The van der Waals surface area contributed by atoms with Gasteiger partial charge in [0.05, 0.1) is 11.4 Å². The Morgan fingerprint density at radius 2 is 1.76 bits per heavy atom. The number of rotatable bonds is 25. The van der Waals surface area contributed by atoms with E-state index in [1.54, 1.807) is 0 Å². The molecule has 342 valence electrons. The lowest BCUT2D eigenvalue weighted by molar-refractivity contribution is -0.138. The summed E-state index contributed by atoms with van der Waals surface area (Å²) in [6, 6.07) is 19.7. The Morgan fingerprint density at radius 3 is 2.48 bits per heavy atom. The van der Waals surface area contributed by atoms with Crippen molar-refractivity contribution < 1.29 is 19.1 Å². The first-order valence-electron chi connectivity index (χ1n) is 23.4. The Morgan fingerprint density at radius 1 is 0.984 bits per heavy atom. The molecule has 0 radical (unpaired) electrons. The summed E-state index contributed by atoms with van der Waals surface area (Å²) in [4.78, 5) is 46.3. The highest BCUT2D eigenvalue weighted by Crippen LogP contribution is 2.42. The Balaban J connectivity index is 1.19. The number of fused-ring (bicyclic) bond motifs is 1. The summed E-state index contributed by atoms with van der Waals surface area (Å²) in [5, 5.41) is 1.28. The van der Waals surface area contributed by atoms with Gasteiger partial charge in [0.2, 0.25) is 0 Å². The molecule has 1 fully saturated rings. The number of carbonyl (C=O) groups is 3. The van der Waals surface area contributed by atoms with Gasteiger partial charge in [-0.3, -0.25) is 24.9 Å². The number of carbonyl (C=O) groups excluding carboxylic acids is 3. The van der Waals surface area contributed by atoms with Crippen LogP contribution in [0.2, 0.25) is 0 Å². The molecule has 5 rings (SSSR count). The zero-order valence-electron chi connectivity index (χ0n) is 39.9. The molecule has 63 heavy (non-hydrogen) atoms. The van der Waals surface area contributed by atoms with E-state index in [-0.39, 0.29) is 35.9 Å². The predicted molar refractivity (Wildman–Crippen MR) is 256 cm³/mol. The molecule has 3 heterocycles. The minimum atomic E-state index is -0.658. The second-order valence-corrected chi connectivity index (χ2v) is 19.0. The van der Waals surface area contributed by atoms with Crippen molar-refractivity contribution in [3.8, 4) is 22.4 Å². The summed E-state index contributed by atoms with van der Waals surface area (Å²) in [6.45, 7) is 19.0. The molecule has 0 bridgehead atoms. The smallest absolute Gasteiger partial charge is 0.292 e. The van der Waals surface area contributed by atoms with Gasteiger partial charge in [0.25, 0.3) is 11.8 Å². The number of aryl methyl sites for hydroxylation is 2. The van der Waals surface area contributed by atoms with Crippen molar-refractivity contribution in [2.24, 2.45) is 11.3 Å². The maximum Gasteiger partial charge on any atom is 0.292 e. The average Bonchev–Trinajstić information content (AvgIpc) is 3.77. The van der Waals surface area contributed by atoms with E-state index in [0.29, 0.717) is 24.5 Å². The Labute approximate surface area is 377 Å². The molecule has 0 spiro atoms. The van der Waals surface area contributed by atoms with Crippen LogP contribution in [0.3, 0.4) is 0 Å². The van der Waals surface area contributed by atoms with E-state index < -0.39 is 6.04 Å². The van der Waals surface area contributed by atoms with E-state index >= 15 is 0 Å². The molecule has 1 saturated heterocycles. The van der Waals surface area contributed by atoms with E-state index in [1.807, 2.05) is 45.1 Å². The highest BCUT2D eigenvalue weighted by molar-refractivity contribution is 5.97. The largest absolute Gasteiger partial charge is 0.468 e. The van der Waals surface area contributed by atoms with Crippen LogP contribution in [-0.4, -0.2) is 76.9 Å². The number of hydrogen-bond acceptors (Lipinski definition) is 8. The molecule has 3 N–H and O–H groups in total. The zero-order chi connectivity index (χ0) is 45.7. The Hall–Kier alpha value is -4.84.